The molecular weight excluding hydrogens is 358 g/mol. The van der Waals surface area contributed by atoms with E-state index in [-0.39, 0.29) is 5.56 Å². The quantitative estimate of drug-likeness (QED) is 0.445. The highest BCUT2D eigenvalue weighted by molar-refractivity contribution is 5.92. The lowest BCUT2D eigenvalue weighted by Gasteiger charge is -2.32. The Labute approximate surface area is 162 Å². The Hall–Kier alpha value is -2.97. The van der Waals surface area contributed by atoms with Crippen molar-refractivity contribution in [3.8, 4) is 0 Å². The highest BCUT2D eigenvalue weighted by Crippen LogP contribution is 2.21. The number of benzene rings is 1. The predicted molar refractivity (Wildman–Crippen MR) is 104 cm³/mol. The van der Waals surface area contributed by atoms with Crippen LogP contribution in [0.15, 0.2) is 47.1 Å². The van der Waals surface area contributed by atoms with Crippen molar-refractivity contribution in [3.63, 3.8) is 0 Å². The molecule has 0 bridgehead atoms. The van der Waals surface area contributed by atoms with Crippen molar-refractivity contribution >= 4 is 22.8 Å². The van der Waals surface area contributed by atoms with E-state index >= 15 is 0 Å². The molecule has 0 saturated carbocycles. The Balaban J connectivity index is 1.23. The minimum absolute atomic E-state index is 0.232. The molecule has 0 unspecified atom stereocenters. The van der Waals surface area contributed by atoms with E-state index in [0.29, 0.717) is 11.9 Å². The van der Waals surface area contributed by atoms with Crippen molar-refractivity contribution in [3.05, 3.63) is 54.0 Å². The van der Waals surface area contributed by atoms with Gasteiger partial charge in [-0.05, 0) is 37.4 Å². The third-order valence-electron chi connectivity index (χ3n) is 5.11. The summed E-state index contributed by atoms with van der Waals surface area (Å²) in [7, 11) is 0. The van der Waals surface area contributed by atoms with Gasteiger partial charge >= 0.3 is 0 Å². The highest BCUT2D eigenvalue weighted by atomic mass is 16.5. The Morgan fingerprint density at radius 3 is 2.68 bits per heavy atom. The normalized spacial score (nSPS) is 15.1. The number of furan rings is 1. The molecule has 8 nitrogen and oxygen atoms in total. The zero-order chi connectivity index (χ0) is 19.3. The molecule has 28 heavy (non-hydrogen) atoms. The molecule has 1 fully saturated rings. The van der Waals surface area contributed by atoms with Crippen LogP contribution in [0.3, 0.4) is 0 Å². The third-order valence-corrected chi connectivity index (χ3v) is 5.11. The van der Waals surface area contributed by atoms with Crippen LogP contribution in [0.1, 0.15) is 29.0 Å². The monoisotopic (exact) mass is 381 g/mol. The van der Waals surface area contributed by atoms with Crippen molar-refractivity contribution in [2.75, 3.05) is 24.5 Å². The van der Waals surface area contributed by atoms with Gasteiger partial charge in [-0.15, -0.1) is 0 Å². The summed E-state index contributed by atoms with van der Waals surface area (Å²) in [6.07, 6.45) is 4.95. The van der Waals surface area contributed by atoms with Gasteiger partial charge < -0.3 is 14.6 Å². The lowest BCUT2D eigenvalue weighted by atomic mass is 9.97. The van der Waals surface area contributed by atoms with Gasteiger partial charge in [0.15, 0.2) is 0 Å². The number of nitrogens with zero attached hydrogens (tertiary/aromatic N) is 3. The number of anilines is 1. The lowest BCUT2D eigenvalue weighted by molar-refractivity contribution is 0.0705. The minimum atomic E-state index is -0.610. The van der Waals surface area contributed by atoms with E-state index in [9.17, 15) is 4.79 Å². The van der Waals surface area contributed by atoms with Crippen molar-refractivity contribution in [2.24, 2.45) is 5.92 Å². The summed E-state index contributed by atoms with van der Waals surface area (Å²) in [6, 6.07) is 10.1. The van der Waals surface area contributed by atoms with Gasteiger partial charge in [0.2, 0.25) is 5.95 Å². The van der Waals surface area contributed by atoms with Crippen molar-refractivity contribution < 1.29 is 14.4 Å². The maximum absolute atomic E-state index is 11.3. The number of hydrogen-bond acceptors (Lipinski definition) is 7. The SMILES string of the molecule is O=C(NO)c1cnc(N2CCC(CNCc3cc4ccccc4o3)CC2)nc1. The number of carbonyl (C=O) groups excluding carboxylic acids is 1. The number of rotatable bonds is 6. The fourth-order valence-electron chi connectivity index (χ4n) is 3.53. The number of hydroxylamine groups is 1. The zero-order valence-corrected chi connectivity index (χ0v) is 15.5. The van der Waals surface area contributed by atoms with Crippen LogP contribution in [0, 0.1) is 5.92 Å². The molecule has 3 N–H and O–H groups in total. The fraction of sp³-hybridized carbons (Fsp3) is 0.350. The average Bonchev–Trinajstić information content (AvgIpc) is 3.16. The molecule has 8 heteroatoms. The molecule has 0 radical (unpaired) electrons. The van der Waals surface area contributed by atoms with Crippen LogP contribution in [0.5, 0.6) is 0 Å². The molecule has 0 aliphatic carbocycles. The van der Waals surface area contributed by atoms with Gasteiger partial charge in [-0.1, -0.05) is 18.2 Å². The first-order chi connectivity index (χ1) is 13.7. The molecule has 2 aromatic heterocycles. The van der Waals surface area contributed by atoms with E-state index in [1.807, 2.05) is 18.2 Å². The van der Waals surface area contributed by atoms with E-state index < -0.39 is 5.91 Å². The predicted octanol–water partition coefficient (Wildman–Crippen LogP) is 2.35. The number of piperidine rings is 1. The largest absolute Gasteiger partial charge is 0.460 e. The molecule has 3 aromatic rings. The van der Waals surface area contributed by atoms with Crippen LogP contribution in [-0.2, 0) is 6.54 Å². The summed E-state index contributed by atoms with van der Waals surface area (Å²) in [5.74, 6) is 1.56. The van der Waals surface area contributed by atoms with Gasteiger partial charge in [0.1, 0.15) is 11.3 Å². The van der Waals surface area contributed by atoms with Gasteiger partial charge in [0, 0.05) is 30.9 Å². The Bertz CT molecular complexity index is 899. The summed E-state index contributed by atoms with van der Waals surface area (Å²) in [4.78, 5) is 21.9. The topological polar surface area (TPSA) is 104 Å². The molecular formula is C20H23N5O3. The summed E-state index contributed by atoms with van der Waals surface area (Å²) < 4.78 is 5.84. The van der Waals surface area contributed by atoms with Gasteiger partial charge in [-0.25, -0.2) is 15.4 Å². The van der Waals surface area contributed by atoms with Crippen LogP contribution in [-0.4, -0.2) is 40.7 Å². The van der Waals surface area contributed by atoms with Gasteiger partial charge in [0.05, 0.1) is 12.1 Å². The Kier molecular flexibility index (Phi) is 5.50. The van der Waals surface area contributed by atoms with Crippen LogP contribution >= 0.6 is 0 Å². The molecule has 1 amide bonds. The second-order valence-electron chi connectivity index (χ2n) is 7.02. The first-order valence-electron chi connectivity index (χ1n) is 9.42. The minimum Gasteiger partial charge on any atom is -0.460 e. The summed E-state index contributed by atoms with van der Waals surface area (Å²) in [5, 5.41) is 13.3. The highest BCUT2D eigenvalue weighted by Gasteiger charge is 2.21. The van der Waals surface area contributed by atoms with Crippen molar-refractivity contribution in [1.29, 1.82) is 0 Å². The number of amides is 1. The summed E-state index contributed by atoms with van der Waals surface area (Å²) >= 11 is 0. The summed E-state index contributed by atoms with van der Waals surface area (Å²) in [5.41, 5.74) is 2.74. The van der Waals surface area contributed by atoms with Crippen LogP contribution in [0.4, 0.5) is 5.95 Å². The van der Waals surface area contributed by atoms with Gasteiger partial charge in [0.25, 0.3) is 5.91 Å². The van der Waals surface area contributed by atoms with E-state index in [4.69, 9.17) is 9.62 Å². The molecule has 146 valence electrons. The number of fused-ring (bicyclic) bond motifs is 1. The second-order valence-corrected chi connectivity index (χ2v) is 7.02. The average molecular weight is 381 g/mol. The zero-order valence-electron chi connectivity index (χ0n) is 15.5. The summed E-state index contributed by atoms with van der Waals surface area (Å²) in [6.45, 7) is 3.43. The first-order valence-corrected chi connectivity index (χ1v) is 9.42. The van der Waals surface area contributed by atoms with Crippen LogP contribution < -0.4 is 15.7 Å². The fourth-order valence-corrected chi connectivity index (χ4v) is 3.53. The van der Waals surface area contributed by atoms with Gasteiger partial charge in [-0.2, -0.15) is 0 Å². The molecule has 1 aliphatic rings. The molecule has 1 aliphatic heterocycles. The lowest BCUT2D eigenvalue weighted by Crippen LogP contribution is -2.38. The Morgan fingerprint density at radius 1 is 1.21 bits per heavy atom. The first kappa shape index (κ1) is 18.4. The van der Waals surface area contributed by atoms with Crippen LogP contribution in [0.25, 0.3) is 11.0 Å². The van der Waals surface area contributed by atoms with E-state index in [1.54, 1.807) is 5.48 Å². The maximum atomic E-state index is 11.3. The molecule has 0 spiro atoms. The molecule has 1 saturated heterocycles. The van der Waals surface area contributed by atoms with E-state index in [2.05, 4.69) is 32.3 Å². The number of para-hydroxylation sites is 1. The molecule has 0 atom stereocenters. The number of hydrogen-bond donors (Lipinski definition) is 3. The number of aromatic nitrogens is 2. The number of nitrogens with one attached hydrogen (secondary N) is 2. The number of carbonyl (C=O) groups is 1. The van der Waals surface area contributed by atoms with Gasteiger partial charge in [-0.3, -0.25) is 10.0 Å². The second kappa shape index (κ2) is 8.37. The molecule has 3 heterocycles. The van der Waals surface area contributed by atoms with E-state index in [1.165, 1.54) is 12.4 Å². The standard InChI is InChI=1S/C20H23N5O3/c26-19(24-27)16-11-22-20(23-12-16)25-7-5-14(6-8-25)10-21-13-17-9-15-3-1-2-4-18(15)28-17/h1-4,9,11-12,14,21,27H,5-8,10,13H2,(H,24,26). The molecule has 1 aromatic carbocycles. The smallest absolute Gasteiger partial charge is 0.277 e. The molecule has 4 rings (SSSR count). The Morgan fingerprint density at radius 2 is 1.96 bits per heavy atom. The maximum Gasteiger partial charge on any atom is 0.277 e. The van der Waals surface area contributed by atoms with Crippen molar-refractivity contribution in [2.45, 2.75) is 19.4 Å². The third kappa shape index (κ3) is 4.13. The van der Waals surface area contributed by atoms with E-state index in [0.717, 1.165) is 55.8 Å². The van der Waals surface area contributed by atoms with Crippen LogP contribution in [0.2, 0.25) is 0 Å². The van der Waals surface area contributed by atoms with Crippen molar-refractivity contribution in [1.82, 2.24) is 20.8 Å².